The molecule has 134 valence electrons. The number of aromatic nitrogens is 2. The second-order valence-corrected chi connectivity index (χ2v) is 7.89. The number of nitrogens with one attached hydrogen (secondary N) is 1. The number of hydrogen-bond donors (Lipinski definition) is 2. The highest BCUT2D eigenvalue weighted by Crippen LogP contribution is 2.32. The molecule has 0 aliphatic heterocycles. The molecular formula is C17H20Cl2N4OS. The number of carbonyl (C=O) groups excluding carboxylic acids is 1. The van der Waals surface area contributed by atoms with E-state index in [-0.39, 0.29) is 18.3 Å². The number of aryl methyl sites for hydroxylation is 1. The molecule has 1 amide bonds. The summed E-state index contributed by atoms with van der Waals surface area (Å²) in [5.74, 6) is -0.125. The maximum absolute atomic E-state index is 12.4. The average Bonchev–Trinajstić information content (AvgIpc) is 3.06. The summed E-state index contributed by atoms with van der Waals surface area (Å²) in [5.41, 5.74) is 7.13. The second-order valence-electron chi connectivity index (χ2n) is 6.45. The number of hydrogen-bond acceptors (Lipinski definition) is 4. The number of para-hydroxylation sites is 1. The van der Waals surface area contributed by atoms with E-state index in [4.69, 9.17) is 17.3 Å². The lowest BCUT2D eigenvalue weighted by molar-refractivity contribution is 0.0950. The molecule has 3 N–H and O–H groups in total. The minimum atomic E-state index is -0.448. The van der Waals surface area contributed by atoms with Crippen molar-refractivity contribution in [2.75, 3.05) is 6.54 Å². The molecule has 3 rings (SSSR count). The van der Waals surface area contributed by atoms with E-state index in [9.17, 15) is 4.79 Å². The number of nitrogens with zero attached hydrogens (tertiary/aromatic N) is 2. The molecule has 0 fully saturated rings. The van der Waals surface area contributed by atoms with E-state index in [1.807, 2.05) is 51.1 Å². The first-order chi connectivity index (χ1) is 11.3. The quantitative estimate of drug-likeness (QED) is 0.698. The van der Waals surface area contributed by atoms with Gasteiger partial charge in [-0.15, -0.1) is 23.7 Å². The summed E-state index contributed by atoms with van der Waals surface area (Å²) in [4.78, 5) is 13.9. The van der Waals surface area contributed by atoms with Crippen LogP contribution in [0.25, 0.3) is 15.9 Å². The molecule has 2 heterocycles. The Hall–Kier alpha value is -1.60. The first-order valence-electron chi connectivity index (χ1n) is 7.57. The fourth-order valence-corrected chi connectivity index (χ4v) is 3.65. The fourth-order valence-electron chi connectivity index (χ4n) is 2.34. The Bertz CT molecular complexity index is 911. The minimum Gasteiger partial charge on any atom is -0.350 e. The topological polar surface area (TPSA) is 72.9 Å². The van der Waals surface area contributed by atoms with Crippen LogP contribution in [0.15, 0.2) is 30.3 Å². The van der Waals surface area contributed by atoms with Gasteiger partial charge >= 0.3 is 0 Å². The van der Waals surface area contributed by atoms with E-state index in [1.54, 1.807) is 4.68 Å². The number of benzene rings is 1. The molecule has 0 radical (unpaired) electrons. The third kappa shape index (κ3) is 4.15. The lowest BCUT2D eigenvalue weighted by Crippen LogP contribution is -2.44. The van der Waals surface area contributed by atoms with Crippen LogP contribution >= 0.6 is 35.3 Å². The number of rotatable bonds is 4. The van der Waals surface area contributed by atoms with E-state index < -0.39 is 5.54 Å². The molecule has 0 aliphatic carbocycles. The van der Waals surface area contributed by atoms with Crippen molar-refractivity contribution >= 4 is 51.5 Å². The van der Waals surface area contributed by atoms with Gasteiger partial charge in [0.2, 0.25) is 0 Å². The van der Waals surface area contributed by atoms with Crippen LogP contribution in [-0.4, -0.2) is 27.8 Å². The Kier molecular flexibility index (Phi) is 5.79. The van der Waals surface area contributed by atoms with Gasteiger partial charge in [-0.1, -0.05) is 23.7 Å². The molecule has 0 atom stereocenters. The van der Waals surface area contributed by atoms with Gasteiger partial charge in [0.05, 0.1) is 21.3 Å². The summed E-state index contributed by atoms with van der Waals surface area (Å²) in [6.45, 7) is 6.08. The molecule has 0 spiro atoms. The van der Waals surface area contributed by atoms with Gasteiger partial charge in [0.1, 0.15) is 4.83 Å². The summed E-state index contributed by atoms with van der Waals surface area (Å²) in [5, 5.41) is 9.00. The second kappa shape index (κ2) is 7.33. The smallest absolute Gasteiger partial charge is 0.261 e. The molecule has 0 bridgehead atoms. The summed E-state index contributed by atoms with van der Waals surface area (Å²) in [6.07, 6.45) is 0. The van der Waals surface area contributed by atoms with Gasteiger partial charge < -0.3 is 11.1 Å². The van der Waals surface area contributed by atoms with Crippen LogP contribution in [0.1, 0.15) is 29.2 Å². The number of amides is 1. The highest BCUT2D eigenvalue weighted by atomic mass is 35.5. The molecule has 3 aromatic rings. The predicted octanol–water partition coefficient (Wildman–Crippen LogP) is 3.94. The van der Waals surface area contributed by atoms with Crippen molar-refractivity contribution in [3.63, 3.8) is 0 Å². The van der Waals surface area contributed by atoms with Crippen molar-refractivity contribution in [1.82, 2.24) is 15.1 Å². The van der Waals surface area contributed by atoms with Gasteiger partial charge in [0.25, 0.3) is 5.91 Å². The van der Waals surface area contributed by atoms with Crippen molar-refractivity contribution in [3.8, 4) is 5.69 Å². The van der Waals surface area contributed by atoms with Gasteiger partial charge in [-0.25, -0.2) is 4.68 Å². The molecule has 0 aliphatic rings. The largest absolute Gasteiger partial charge is 0.350 e. The van der Waals surface area contributed by atoms with Crippen LogP contribution in [0.5, 0.6) is 0 Å². The standard InChI is InChI=1S/C17H19ClN4OS.ClH/c1-10-11-8-14(15(23)20-9-17(2,3)19)24-16(11)22(21-10)13-7-5-4-6-12(13)18;/h4-8H,9,19H2,1-3H3,(H,20,23);1H. The third-order valence-corrected chi connectivity index (χ3v) is 4.98. The maximum atomic E-state index is 12.4. The van der Waals surface area contributed by atoms with Crippen LogP contribution < -0.4 is 11.1 Å². The average molecular weight is 399 g/mol. The van der Waals surface area contributed by atoms with E-state index in [0.29, 0.717) is 16.4 Å². The SMILES string of the molecule is Cc1nn(-c2ccccc2Cl)c2sc(C(=O)NCC(C)(C)N)cc12.Cl. The molecule has 1 aromatic carbocycles. The Morgan fingerprint density at radius 2 is 2.08 bits per heavy atom. The van der Waals surface area contributed by atoms with Crippen LogP contribution in [0.2, 0.25) is 5.02 Å². The summed E-state index contributed by atoms with van der Waals surface area (Å²) < 4.78 is 1.79. The van der Waals surface area contributed by atoms with E-state index in [1.165, 1.54) is 11.3 Å². The number of carbonyl (C=O) groups is 1. The highest BCUT2D eigenvalue weighted by Gasteiger charge is 2.19. The summed E-state index contributed by atoms with van der Waals surface area (Å²) in [7, 11) is 0. The van der Waals surface area contributed by atoms with Gasteiger partial charge in [-0.3, -0.25) is 4.79 Å². The summed E-state index contributed by atoms with van der Waals surface area (Å²) >= 11 is 7.68. The van der Waals surface area contributed by atoms with Gasteiger partial charge in [-0.05, 0) is 39.0 Å². The molecule has 0 unspecified atom stereocenters. The molecule has 0 saturated carbocycles. The summed E-state index contributed by atoms with van der Waals surface area (Å²) in [6, 6.07) is 9.39. The normalized spacial score (nSPS) is 11.4. The van der Waals surface area contributed by atoms with Crippen molar-refractivity contribution in [3.05, 3.63) is 45.9 Å². The Balaban J connectivity index is 0.00000225. The number of halogens is 2. The Morgan fingerprint density at radius 3 is 2.72 bits per heavy atom. The Labute approximate surface area is 161 Å². The molecule has 25 heavy (non-hydrogen) atoms. The van der Waals surface area contributed by atoms with Crippen LogP contribution in [0.4, 0.5) is 0 Å². The van der Waals surface area contributed by atoms with Crippen molar-refractivity contribution in [2.45, 2.75) is 26.3 Å². The molecule has 2 aromatic heterocycles. The minimum absolute atomic E-state index is 0. The maximum Gasteiger partial charge on any atom is 0.261 e. The highest BCUT2D eigenvalue weighted by molar-refractivity contribution is 7.20. The molecule has 5 nitrogen and oxygen atoms in total. The lowest BCUT2D eigenvalue weighted by Gasteiger charge is -2.18. The zero-order valence-corrected chi connectivity index (χ0v) is 16.6. The predicted molar refractivity (Wildman–Crippen MR) is 107 cm³/mol. The van der Waals surface area contributed by atoms with E-state index in [0.717, 1.165) is 21.6 Å². The first-order valence-corrected chi connectivity index (χ1v) is 8.77. The van der Waals surface area contributed by atoms with Gasteiger partial charge in [0.15, 0.2) is 0 Å². The number of nitrogens with two attached hydrogens (primary N) is 1. The molecular weight excluding hydrogens is 379 g/mol. The fraction of sp³-hybridized carbons (Fsp3) is 0.294. The number of fused-ring (bicyclic) bond motifs is 1. The van der Waals surface area contributed by atoms with Crippen LogP contribution in [-0.2, 0) is 0 Å². The van der Waals surface area contributed by atoms with Crippen LogP contribution in [0, 0.1) is 6.92 Å². The van der Waals surface area contributed by atoms with Gasteiger partial charge in [-0.2, -0.15) is 5.10 Å². The first kappa shape index (κ1) is 19.7. The van der Waals surface area contributed by atoms with Gasteiger partial charge in [0, 0.05) is 17.5 Å². The lowest BCUT2D eigenvalue weighted by atomic mass is 10.1. The zero-order valence-electron chi connectivity index (χ0n) is 14.2. The third-order valence-electron chi connectivity index (χ3n) is 3.55. The van der Waals surface area contributed by atoms with Crippen molar-refractivity contribution in [2.24, 2.45) is 5.73 Å². The van der Waals surface area contributed by atoms with E-state index in [2.05, 4.69) is 10.4 Å². The molecule has 0 saturated heterocycles. The van der Waals surface area contributed by atoms with Crippen LogP contribution in [0.3, 0.4) is 0 Å². The van der Waals surface area contributed by atoms with Crippen molar-refractivity contribution in [1.29, 1.82) is 0 Å². The van der Waals surface area contributed by atoms with E-state index >= 15 is 0 Å². The van der Waals surface area contributed by atoms with Crippen molar-refractivity contribution < 1.29 is 4.79 Å². The Morgan fingerprint density at radius 1 is 1.40 bits per heavy atom. The monoisotopic (exact) mass is 398 g/mol. The molecule has 8 heteroatoms. The zero-order chi connectivity index (χ0) is 17.5. The number of thiophene rings is 1.